The van der Waals surface area contributed by atoms with E-state index in [4.69, 9.17) is 4.42 Å². The highest BCUT2D eigenvalue weighted by atomic mass is 16.4. The number of pyridine rings is 1. The number of fused-ring (bicyclic) bond motifs is 3. The second kappa shape index (κ2) is 11.5. The predicted octanol–water partition coefficient (Wildman–Crippen LogP) is 7.71. The van der Waals surface area contributed by atoms with Gasteiger partial charge >= 0.3 is 6.09 Å². The topological polar surface area (TPSA) is 133 Å². The Morgan fingerprint density at radius 2 is 1.61 bits per heavy atom. The average molecular weight is 587 g/mol. The van der Waals surface area contributed by atoms with Gasteiger partial charge in [0.05, 0.1) is 5.69 Å². The summed E-state index contributed by atoms with van der Waals surface area (Å²) in [7, 11) is 0. The molecule has 0 fully saturated rings. The van der Waals surface area contributed by atoms with Crippen LogP contribution in [0.3, 0.4) is 0 Å². The van der Waals surface area contributed by atoms with Gasteiger partial charge in [-0.15, -0.1) is 0 Å². The van der Waals surface area contributed by atoms with Gasteiger partial charge in [0.2, 0.25) is 0 Å². The minimum atomic E-state index is -1.03. The van der Waals surface area contributed by atoms with Crippen molar-refractivity contribution in [3.8, 4) is 11.3 Å². The summed E-state index contributed by atoms with van der Waals surface area (Å²) in [4.78, 5) is 39.0. The molecule has 0 radical (unpaired) electrons. The van der Waals surface area contributed by atoms with Crippen molar-refractivity contribution in [2.75, 3.05) is 10.6 Å². The quantitative estimate of drug-likeness (QED) is 0.173. The van der Waals surface area contributed by atoms with E-state index < -0.39 is 17.5 Å². The summed E-state index contributed by atoms with van der Waals surface area (Å²) >= 11 is 0. The summed E-state index contributed by atoms with van der Waals surface area (Å²) in [5.41, 5.74) is 4.80. The molecule has 0 saturated heterocycles. The van der Waals surface area contributed by atoms with Crippen molar-refractivity contribution in [3.63, 3.8) is 0 Å². The number of nitrogens with zero attached hydrogens (tertiary/aromatic N) is 4. The molecule has 10 nitrogen and oxygen atoms in total. The second-order valence-corrected chi connectivity index (χ2v) is 11.3. The first-order chi connectivity index (χ1) is 21.2. The molecule has 0 unspecified atom stereocenters. The molecule has 0 aliphatic rings. The third-order valence-corrected chi connectivity index (χ3v) is 7.20. The Hall–Kier alpha value is -5.77. The number of furan rings is 1. The van der Waals surface area contributed by atoms with Gasteiger partial charge in [0.15, 0.2) is 0 Å². The standard InChI is InChI=1S/C34H30N6O4/c1-34(2,3)40(33(42)43)19-21-15-16-35-28(17-21)32(41)39-23-13-11-22(12-14-23)38-30-18-27(36-20-37-30)26-9-6-8-25-24-7-4-5-10-29(24)44-31(25)26/h4-18,20H,19H2,1-3H3,(H,39,41)(H,42,43)(H,36,37,38). The minimum Gasteiger partial charge on any atom is -0.465 e. The maximum atomic E-state index is 12.9. The molecule has 0 bridgehead atoms. The molecule has 6 aromatic rings. The number of para-hydroxylation sites is 2. The molecule has 3 N–H and O–H groups in total. The largest absolute Gasteiger partial charge is 0.465 e. The van der Waals surface area contributed by atoms with Gasteiger partial charge in [-0.05, 0) is 74.9 Å². The fourth-order valence-electron chi connectivity index (χ4n) is 4.97. The number of amides is 2. The molecule has 6 rings (SSSR count). The van der Waals surface area contributed by atoms with E-state index in [1.165, 1.54) is 17.4 Å². The van der Waals surface area contributed by atoms with E-state index in [1.54, 1.807) is 24.3 Å². The lowest BCUT2D eigenvalue weighted by Crippen LogP contribution is -2.44. The number of anilines is 3. The van der Waals surface area contributed by atoms with Crippen LogP contribution in [0.4, 0.5) is 22.0 Å². The van der Waals surface area contributed by atoms with Gasteiger partial charge in [0, 0.05) is 52.1 Å². The first-order valence-electron chi connectivity index (χ1n) is 14.0. The summed E-state index contributed by atoms with van der Waals surface area (Å²) in [6, 6.07) is 26.3. The van der Waals surface area contributed by atoms with Gasteiger partial charge in [0.25, 0.3) is 5.91 Å². The maximum Gasteiger partial charge on any atom is 0.408 e. The highest BCUT2D eigenvalue weighted by molar-refractivity contribution is 6.09. The van der Waals surface area contributed by atoms with Crippen LogP contribution in [0.25, 0.3) is 33.2 Å². The van der Waals surface area contributed by atoms with Crippen LogP contribution in [-0.4, -0.2) is 42.5 Å². The third kappa shape index (κ3) is 5.91. The Morgan fingerprint density at radius 1 is 0.864 bits per heavy atom. The molecule has 10 heteroatoms. The number of carbonyl (C=O) groups is 2. The molecule has 44 heavy (non-hydrogen) atoms. The van der Waals surface area contributed by atoms with Gasteiger partial charge in [0.1, 0.15) is 29.0 Å². The number of hydrogen-bond acceptors (Lipinski definition) is 7. The summed E-state index contributed by atoms with van der Waals surface area (Å²) in [5, 5.41) is 17.8. The van der Waals surface area contributed by atoms with Crippen molar-refractivity contribution in [3.05, 3.63) is 109 Å². The van der Waals surface area contributed by atoms with E-state index in [1.807, 2.05) is 81.4 Å². The van der Waals surface area contributed by atoms with Crippen LogP contribution in [0, 0.1) is 0 Å². The second-order valence-electron chi connectivity index (χ2n) is 11.3. The molecular weight excluding hydrogens is 556 g/mol. The van der Waals surface area contributed by atoms with Crippen LogP contribution in [0.1, 0.15) is 36.8 Å². The number of hydrogen-bond donors (Lipinski definition) is 3. The van der Waals surface area contributed by atoms with Crippen LogP contribution in [0.5, 0.6) is 0 Å². The van der Waals surface area contributed by atoms with E-state index in [2.05, 4.69) is 25.6 Å². The molecule has 0 atom stereocenters. The number of carboxylic acid groups (broad SMARTS) is 1. The van der Waals surface area contributed by atoms with Crippen molar-refractivity contribution >= 4 is 51.1 Å². The summed E-state index contributed by atoms with van der Waals surface area (Å²) < 4.78 is 6.17. The lowest BCUT2D eigenvalue weighted by atomic mass is 10.1. The number of benzene rings is 3. The van der Waals surface area contributed by atoms with Crippen molar-refractivity contribution < 1.29 is 19.1 Å². The smallest absolute Gasteiger partial charge is 0.408 e. The van der Waals surface area contributed by atoms with Gasteiger partial charge in [-0.3, -0.25) is 14.7 Å². The van der Waals surface area contributed by atoms with Crippen LogP contribution >= 0.6 is 0 Å². The van der Waals surface area contributed by atoms with E-state index in [0.29, 0.717) is 17.1 Å². The molecule has 0 spiro atoms. The Labute approximate surface area is 253 Å². The molecule has 220 valence electrons. The Bertz CT molecular complexity index is 2000. The van der Waals surface area contributed by atoms with Crippen LogP contribution < -0.4 is 10.6 Å². The van der Waals surface area contributed by atoms with Crippen LogP contribution in [0.15, 0.2) is 102 Å². The van der Waals surface area contributed by atoms with Gasteiger partial charge < -0.3 is 20.2 Å². The summed E-state index contributed by atoms with van der Waals surface area (Å²) in [5.74, 6) is 0.206. The van der Waals surface area contributed by atoms with Gasteiger partial charge in [-0.25, -0.2) is 14.8 Å². The van der Waals surface area contributed by atoms with Crippen molar-refractivity contribution in [2.45, 2.75) is 32.9 Å². The fraction of sp³-hybridized carbons (Fsp3) is 0.147. The zero-order valence-electron chi connectivity index (χ0n) is 24.4. The first-order valence-corrected chi connectivity index (χ1v) is 14.0. The van der Waals surface area contributed by atoms with Crippen LogP contribution in [-0.2, 0) is 6.54 Å². The molecule has 0 aliphatic carbocycles. The fourth-order valence-corrected chi connectivity index (χ4v) is 4.97. The highest BCUT2D eigenvalue weighted by Crippen LogP contribution is 2.35. The van der Waals surface area contributed by atoms with E-state index >= 15 is 0 Å². The molecule has 0 saturated carbocycles. The summed E-state index contributed by atoms with van der Waals surface area (Å²) in [6.45, 7) is 5.60. The molecule has 3 aromatic carbocycles. The summed E-state index contributed by atoms with van der Waals surface area (Å²) in [6.07, 6.45) is 1.98. The SMILES string of the molecule is CC(C)(C)N(Cc1ccnc(C(=O)Nc2ccc(Nc3cc(-c4cccc5c4oc4ccccc45)ncn3)cc2)c1)C(=O)O. The lowest BCUT2D eigenvalue weighted by molar-refractivity contribution is 0.0955. The monoisotopic (exact) mass is 586 g/mol. The molecular formula is C34H30N6O4. The zero-order chi connectivity index (χ0) is 30.8. The van der Waals surface area contributed by atoms with Crippen molar-refractivity contribution in [2.24, 2.45) is 0 Å². The highest BCUT2D eigenvalue weighted by Gasteiger charge is 2.26. The lowest BCUT2D eigenvalue weighted by Gasteiger charge is -2.33. The van der Waals surface area contributed by atoms with E-state index in [0.717, 1.165) is 38.9 Å². The Kier molecular flexibility index (Phi) is 7.40. The zero-order valence-corrected chi connectivity index (χ0v) is 24.4. The molecule has 3 heterocycles. The first kappa shape index (κ1) is 28.4. The van der Waals surface area contributed by atoms with Crippen molar-refractivity contribution in [1.82, 2.24) is 19.9 Å². The van der Waals surface area contributed by atoms with E-state index in [-0.39, 0.29) is 12.2 Å². The normalized spacial score (nSPS) is 11.4. The van der Waals surface area contributed by atoms with Gasteiger partial charge in [-0.1, -0.05) is 30.3 Å². The molecule has 3 aromatic heterocycles. The number of rotatable bonds is 7. The van der Waals surface area contributed by atoms with E-state index in [9.17, 15) is 14.7 Å². The number of nitrogens with one attached hydrogen (secondary N) is 2. The number of aromatic nitrogens is 3. The molecule has 2 amide bonds. The minimum absolute atomic E-state index is 0.139. The van der Waals surface area contributed by atoms with Gasteiger partial charge in [-0.2, -0.15) is 0 Å². The average Bonchev–Trinajstić information content (AvgIpc) is 3.39. The maximum absolute atomic E-state index is 12.9. The van der Waals surface area contributed by atoms with Crippen LogP contribution in [0.2, 0.25) is 0 Å². The van der Waals surface area contributed by atoms with Crippen molar-refractivity contribution in [1.29, 1.82) is 0 Å². The molecule has 0 aliphatic heterocycles. The number of carbonyl (C=O) groups excluding carboxylic acids is 1. The Morgan fingerprint density at radius 3 is 2.39 bits per heavy atom. The predicted molar refractivity (Wildman–Crippen MR) is 170 cm³/mol. The Balaban J connectivity index is 1.15. The third-order valence-electron chi connectivity index (χ3n) is 7.20.